The summed E-state index contributed by atoms with van der Waals surface area (Å²) in [5.74, 6) is -0.508. The van der Waals surface area contributed by atoms with Crippen LogP contribution in [-0.4, -0.2) is 30.9 Å². The molecule has 4 nitrogen and oxygen atoms in total. The molecule has 2 aromatic rings. The van der Waals surface area contributed by atoms with Gasteiger partial charge in [-0.15, -0.1) is 0 Å². The van der Waals surface area contributed by atoms with E-state index in [1.54, 1.807) is 30.3 Å². The van der Waals surface area contributed by atoms with E-state index in [2.05, 4.69) is 6.92 Å². The SMILES string of the molecule is CC1(COc2cccc(/C(=C\C=C\C(=O)O)c3ccc(C(F)(F)F)cc3)c2)COC1. The number of carbonyl (C=O) groups is 1. The van der Waals surface area contributed by atoms with Crippen molar-refractivity contribution < 1.29 is 32.5 Å². The second-order valence-corrected chi connectivity index (χ2v) is 7.47. The summed E-state index contributed by atoms with van der Waals surface area (Å²) in [7, 11) is 0. The summed E-state index contributed by atoms with van der Waals surface area (Å²) in [4.78, 5) is 10.8. The van der Waals surface area contributed by atoms with Gasteiger partial charge < -0.3 is 14.6 Å². The molecule has 0 saturated carbocycles. The van der Waals surface area contributed by atoms with Crippen LogP contribution < -0.4 is 4.74 Å². The standard InChI is InChI=1S/C23H21F3O4/c1-22(13-29-14-22)15-30-19-5-2-4-17(12-19)20(6-3-7-21(27)28)16-8-10-18(11-9-16)23(24,25)26/h2-12H,13-15H2,1H3,(H,27,28)/b7-3+,20-6-. The number of carboxylic acid groups (broad SMARTS) is 1. The van der Waals surface area contributed by atoms with Gasteiger partial charge in [-0.3, -0.25) is 0 Å². The first kappa shape index (κ1) is 21.6. The molecule has 7 heteroatoms. The first-order valence-electron chi connectivity index (χ1n) is 9.26. The number of allylic oxidation sites excluding steroid dienone is 2. The van der Waals surface area contributed by atoms with E-state index in [1.165, 1.54) is 18.2 Å². The summed E-state index contributed by atoms with van der Waals surface area (Å²) in [5, 5.41) is 8.84. The first-order chi connectivity index (χ1) is 14.2. The van der Waals surface area contributed by atoms with Gasteiger partial charge in [0.2, 0.25) is 0 Å². The predicted molar refractivity (Wildman–Crippen MR) is 106 cm³/mol. The molecule has 0 radical (unpaired) electrons. The molecule has 0 bridgehead atoms. The highest BCUT2D eigenvalue weighted by Crippen LogP contribution is 2.33. The summed E-state index contributed by atoms with van der Waals surface area (Å²) in [6, 6.07) is 11.9. The molecule has 2 aromatic carbocycles. The quantitative estimate of drug-likeness (QED) is 0.497. The summed E-state index contributed by atoms with van der Waals surface area (Å²) in [5.41, 5.74) is 1.00. The van der Waals surface area contributed by atoms with Crippen molar-refractivity contribution in [1.82, 2.24) is 0 Å². The van der Waals surface area contributed by atoms with Crippen LogP contribution in [0.15, 0.2) is 66.8 Å². The van der Waals surface area contributed by atoms with Crippen molar-refractivity contribution in [1.29, 1.82) is 0 Å². The maximum atomic E-state index is 12.9. The molecule has 0 unspecified atom stereocenters. The second kappa shape index (κ2) is 8.75. The molecular weight excluding hydrogens is 397 g/mol. The molecule has 30 heavy (non-hydrogen) atoms. The van der Waals surface area contributed by atoms with Crippen molar-refractivity contribution >= 4 is 11.5 Å². The van der Waals surface area contributed by atoms with Gasteiger partial charge in [-0.25, -0.2) is 4.79 Å². The maximum absolute atomic E-state index is 12.9. The number of hydrogen-bond acceptors (Lipinski definition) is 3. The normalized spacial score (nSPS) is 16.3. The monoisotopic (exact) mass is 418 g/mol. The summed E-state index contributed by atoms with van der Waals surface area (Å²) in [6.45, 7) is 3.80. The maximum Gasteiger partial charge on any atom is 0.416 e. The summed E-state index contributed by atoms with van der Waals surface area (Å²) in [6.07, 6.45) is -0.574. The molecule has 0 aromatic heterocycles. The highest BCUT2D eigenvalue weighted by atomic mass is 19.4. The lowest BCUT2D eigenvalue weighted by Crippen LogP contribution is -2.44. The topological polar surface area (TPSA) is 55.8 Å². The van der Waals surface area contributed by atoms with Crippen molar-refractivity contribution in [2.75, 3.05) is 19.8 Å². The zero-order valence-corrected chi connectivity index (χ0v) is 16.3. The molecule has 1 heterocycles. The van der Waals surface area contributed by atoms with Gasteiger partial charge in [0.25, 0.3) is 0 Å². The highest BCUT2D eigenvalue weighted by Gasteiger charge is 2.34. The molecule has 1 fully saturated rings. The Labute approximate surface area is 172 Å². The summed E-state index contributed by atoms with van der Waals surface area (Å²) < 4.78 is 49.8. The van der Waals surface area contributed by atoms with Crippen LogP contribution in [0.25, 0.3) is 5.57 Å². The van der Waals surface area contributed by atoms with E-state index in [1.807, 2.05) is 0 Å². The number of aliphatic carboxylic acids is 1. The number of rotatable bonds is 7. The molecule has 1 aliphatic heterocycles. The van der Waals surface area contributed by atoms with E-state index in [0.29, 0.717) is 42.3 Å². The molecule has 1 saturated heterocycles. The number of benzene rings is 2. The minimum Gasteiger partial charge on any atom is -0.493 e. The molecule has 0 aliphatic carbocycles. The van der Waals surface area contributed by atoms with Gasteiger partial charge >= 0.3 is 12.1 Å². The van der Waals surface area contributed by atoms with Crippen LogP contribution in [-0.2, 0) is 15.7 Å². The third-order valence-corrected chi connectivity index (χ3v) is 4.66. The largest absolute Gasteiger partial charge is 0.493 e. The zero-order chi connectivity index (χ0) is 21.8. The van der Waals surface area contributed by atoms with Crippen molar-refractivity contribution in [3.63, 3.8) is 0 Å². The van der Waals surface area contributed by atoms with E-state index in [-0.39, 0.29) is 5.41 Å². The van der Waals surface area contributed by atoms with Crippen molar-refractivity contribution in [2.45, 2.75) is 13.1 Å². The highest BCUT2D eigenvalue weighted by molar-refractivity contribution is 5.84. The Bertz CT molecular complexity index is 955. The van der Waals surface area contributed by atoms with Crippen molar-refractivity contribution in [2.24, 2.45) is 5.41 Å². The van der Waals surface area contributed by atoms with Crippen LogP contribution in [0, 0.1) is 5.41 Å². The molecule has 1 aliphatic rings. The Balaban J connectivity index is 1.90. The minimum atomic E-state index is -4.43. The number of carboxylic acids is 1. The molecule has 3 rings (SSSR count). The van der Waals surface area contributed by atoms with Gasteiger partial charge in [0, 0.05) is 11.5 Å². The number of hydrogen-bond donors (Lipinski definition) is 1. The Morgan fingerprint density at radius 3 is 2.43 bits per heavy atom. The average molecular weight is 418 g/mol. The van der Waals surface area contributed by atoms with Crippen LogP contribution in [0.1, 0.15) is 23.6 Å². The fraction of sp³-hybridized carbons (Fsp3) is 0.261. The van der Waals surface area contributed by atoms with Crippen LogP contribution in [0.4, 0.5) is 13.2 Å². The van der Waals surface area contributed by atoms with E-state index >= 15 is 0 Å². The lowest BCUT2D eigenvalue weighted by molar-refractivity contribution is -0.137. The second-order valence-electron chi connectivity index (χ2n) is 7.47. The molecular formula is C23H21F3O4. The van der Waals surface area contributed by atoms with Crippen molar-refractivity contribution in [3.8, 4) is 5.75 Å². The lowest BCUT2D eigenvalue weighted by Gasteiger charge is -2.37. The van der Waals surface area contributed by atoms with Gasteiger partial charge in [-0.2, -0.15) is 13.2 Å². The summed E-state index contributed by atoms with van der Waals surface area (Å²) >= 11 is 0. The smallest absolute Gasteiger partial charge is 0.416 e. The van der Waals surface area contributed by atoms with Crippen LogP contribution in [0.3, 0.4) is 0 Å². The molecule has 0 spiro atoms. The van der Waals surface area contributed by atoms with Crippen molar-refractivity contribution in [3.05, 3.63) is 83.4 Å². The van der Waals surface area contributed by atoms with E-state index in [4.69, 9.17) is 14.6 Å². The first-order valence-corrected chi connectivity index (χ1v) is 9.26. The third-order valence-electron chi connectivity index (χ3n) is 4.66. The van der Waals surface area contributed by atoms with E-state index in [9.17, 15) is 18.0 Å². The van der Waals surface area contributed by atoms with Gasteiger partial charge in [-0.1, -0.05) is 43.3 Å². The van der Waals surface area contributed by atoms with Gasteiger partial charge in [-0.05, 0) is 41.0 Å². The average Bonchev–Trinajstić information content (AvgIpc) is 2.68. The molecule has 158 valence electrons. The van der Waals surface area contributed by atoms with Gasteiger partial charge in [0.05, 0.1) is 25.4 Å². The van der Waals surface area contributed by atoms with Gasteiger partial charge in [0.1, 0.15) is 5.75 Å². The third kappa shape index (κ3) is 5.51. The Kier molecular flexibility index (Phi) is 6.31. The number of alkyl halides is 3. The lowest BCUT2D eigenvalue weighted by atomic mass is 9.90. The Morgan fingerprint density at radius 2 is 1.87 bits per heavy atom. The fourth-order valence-corrected chi connectivity index (χ4v) is 2.97. The fourth-order valence-electron chi connectivity index (χ4n) is 2.97. The van der Waals surface area contributed by atoms with E-state index < -0.39 is 17.7 Å². The number of halogens is 3. The zero-order valence-electron chi connectivity index (χ0n) is 16.3. The molecule has 0 atom stereocenters. The molecule has 0 amide bonds. The Morgan fingerprint density at radius 1 is 1.17 bits per heavy atom. The predicted octanol–water partition coefficient (Wildman–Crippen LogP) is 5.19. The van der Waals surface area contributed by atoms with Crippen LogP contribution >= 0.6 is 0 Å². The van der Waals surface area contributed by atoms with Crippen LogP contribution in [0.2, 0.25) is 0 Å². The van der Waals surface area contributed by atoms with E-state index in [0.717, 1.165) is 18.2 Å². The van der Waals surface area contributed by atoms with Gasteiger partial charge in [0.15, 0.2) is 0 Å². The van der Waals surface area contributed by atoms with Crippen LogP contribution in [0.5, 0.6) is 5.75 Å². The number of ether oxygens (including phenoxy) is 2. The Hall–Kier alpha value is -3.06. The molecule has 1 N–H and O–H groups in total. The minimum absolute atomic E-state index is 0.0354.